The molecule has 1 aliphatic rings. The largest absolute Gasteiger partial charge is 0.489 e. The molecule has 0 radical (unpaired) electrons. The second-order valence-corrected chi connectivity index (χ2v) is 8.90. The van der Waals surface area contributed by atoms with Crippen LogP contribution in [0.15, 0.2) is 97.1 Å². The van der Waals surface area contributed by atoms with Gasteiger partial charge in [-0.25, -0.2) is 4.98 Å². The summed E-state index contributed by atoms with van der Waals surface area (Å²) in [5.74, 6) is -0.751. The van der Waals surface area contributed by atoms with Crippen LogP contribution in [0.1, 0.15) is 35.3 Å². The molecule has 1 aliphatic heterocycles. The van der Waals surface area contributed by atoms with E-state index in [1.54, 1.807) is 0 Å². The van der Waals surface area contributed by atoms with Gasteiger partial charge in [-0.2, -0.15) is 0 Å². The Morgan fingerprint density at radius 2 is 1.53 bits per heavy atom. The molecule has 0 spiro atoms. The maximum Gasteiger partial charge on any atom is 0.256 e. The number of amides is 3. The van der Waals surface area contributed by atoms with E-state index in [2.05, 4.69) is 5.32 Å². The van der Waals surface area contributed by atoms with Crippen LogP contribution >= 0.6 is 0 Å². The molecule has 0 unspecified atom stereocenters. The first kappa shape index (κ1) is 24.9. The molecule has 3 aromatic carbocycles. The number of ether oxygens (including phenoxy) is 1. The molecule has 1 atom stereocenters. The first-order chi connectivity index (χ1) is 18.6. The van der Waals surface area contributed by atoms with Gasteiger partial charge in [-0.3, -0.25) is 19.3 Å². The number of rotatable bonds is 9. The predicted molar refractivity (Wildman–Crippen MR) is 145 cm³/mol. The van der Waals surface area contributed by atoms with Crippen molar-refractivity contribution in [2.24, 2.45) is 0 Å². The highest BCUT2D eigenvalue weighted by Gasteiger charge is 2.27. The number of fused-ring (bicyclic) bond motifs is 1. The van der Waals surface area contributed by atoms with Crippen molar-refractivity contribution < 1.29 is 19.1 Å². The van der Waals surface area contributed by atoms with Crippen molar-refractivity contribution in [1.82, 2.24) is 15.2 Å². The Kier molecular flexibility index (Phi) is 7.26. The van der Waals surface area contributed by atoms with E-state index >= 15 is 0 Å². The third-order valence-corrected chi connectivity index (χ3v) is 6.50. The van der Waals surface area contributed by atoms with E-state index in [-0.39, 0.29) is 36.9 Å². The molecule has 0 bridgehead atoms. The van der Waals surface area contributed by atoms with Crippen molar-refractivity contribution in [1.29, 1.82) is 0 Å². The van der Waals surface area contributed by atoms with Crippen LogP contribution in [0, 0.1) is 0 Å². The summed E-state index contributed by atoms with van der Waals surface area (Å²) < 4.78 is 6.23. The van der Waals surface area contributed by atoms with Crippen LogP contribution in [-0.2, 0) is 9.59 Å². The second-order valence-electron chi connectivity index (χ2n) is 8.90. The maximum absolute atomic E-state index is 14.0. The summed E-state index contributed by atoms with van der Waals surface area (Å²) >= 11 is 0. The zero-order valence-corrected chi connectivity index (χ0v) is 21.0. The van der Waals surface area contributed by atoms with Gasteiger partial charge in [0.2, 0.25) is 0 Å². The van der Waals surface area contributed by atoms with Crippen molar-refractivity contribution in [2.75, 3.05) is 13.2 Å². The van der Waals surface area contributed by atoms with Gasteiger partial charge in [0.05, 0.1) is 23.7 Å². The molecule has 5 rings (SSSR count). The van der Waals surface area contributed by atoms with Gasteiger partial charge in [0.25, 0.3) is 17.7 Å². The summed E-state index contributed by atoms with van der Waals surface area (Å²) in [6.45, 7) is 2.08. The molecule has 3 amide bonds. The number of pyridine rings is 1. The third kappa shape index (κ3) is 5.04. The normalized spacial score (nSPS) is 13.7. The van der Waals surface area contributed by atoms with Crippen LogP contribution in [0.4, 0.5) is 0 Å². The molecular weight excluding hydrogens is 478 g/mol. The Labute approximate surface area is 220 Å². The molecule has 4 aromatic rings. The molecule has 2 heterocycles. The molecule has 0 saturated carbocycles. The third-order valence-electron chi connectivity index (χ3n) is 6.50. The van der Waals surface area contributed by atoms with Crippen molar-refractivity contribution >= 4 is 28.6 Å². The van der Waals surface area contributed by atoms with E-state index in [0.717, 1.165) is 16.0 Å². The van der Waals surface area contributed by atoms with Crippen LogP contribution < -0.4 is 10.1 Å². The topological polar surface area (TPSA) is 88.6 Å². The van der Waals surface area contributed by atoms with Crippen molar-refractivity contribution in [3.8, 4) is 17.0 Å². The Morgan fingerprint density at radius 1 is 0.895 bits per heavy atom. The second kappa shape index (κ2) is 11.1. The monoisotopic (exact) mass is 505 g/mol. The van der Waals surface area contributed by atoms with Crippen LogP contribution in [0.25, 0.3) is 22.2 Å². The first-order valence-electron chi connectivity index (χ1n) is 12.6. The lowest BCUT2D eigenvalue weighted by atomic mass is 10.00. The van der Waals surface area contributed by atoms with Gasteiger partial charge in [0.15, 0.2) is 5.75 Å². The number of carbonyl (C=O) groups is 3. The van der Waals surface area contributed by atoms with Crippen LogP contribution in [0.3, 0.4) is 0 Å². The number of hydrogen-bond donors (Lipinski definition) is 1. The number of hydrogen-bond acceptors (Lipinski definition) is 5. The number of imide groups is 1. The molecule has 1 N–H and O–H groups in total. The standard InChI is InChI=1S/C31H27N3O4/c1-2-24(21-11-5-3-6-12-21)33-31(37)28-23-15-9-10-16-25(23)32-29(22-13-7-4-8-14-22)30(28)38-20-19-34-26(35)17-18-27(34)36/h3-18,24H,2,19-20H2,1H3,(H,33,37)/t24-/m0/s1. The minimum Gasteiger partial charge on any atom is -0.489 e. The van der Waals surface area contributed by atoms with E-state index in [1.807, 2.05) is 91.9 Å². The fraction of sp³-hybridized carbons (Fsp3) is 0.161. The average molecular weight is 506 g/mol. The number of benzene rings is 3. The van der Waals surface area contributed by atoms with Gasteiger partial charge in [0.1, 0.15) is 12.3 Å². The quantitative estimate of drug-likeness (QED) is 0.320. The first-order valence-corrected chi connectivity index (χ1v) is 12.6. The summed E-state index contributed by atoms with van der Waals surface area (Å²) in [4.78, 5) is 44.0. The lowest BCUT2D eigenvalue weighted by Crippen LogP contribution is -2.34. The smallest absolute Gasteiger partial charge is 0.256 e. The minimum atomic E-state index is -0.384. The minimum absolute atomic E-state index is 0.00911. The van der Waals surface area contributed by atoms with E-state index in [0.29, 0.717) is 34.3 Å². The van der Waals surface area contributed by atoms with Gasteiger partial charge >= 0.3 is 0 Å². The Hall–Kier alpha value is -4.78. The lowest BCUT2D eigenvalue weighted by molar-refractivity contribution is -0.137. The zero-order chi connectivity index (χ0) is 26.5. The van der Waals surface area contributed by atoms with Crippen molar-refractivity contribution in [3.63, 3.8) is 0 Å². The summed E-state index contributed by atoms with van der Waals surface area (Å²) in [5.41, 5.74) is 3.32. The molecule has 7 heteroatoms. The van der Waals surface area contributed by atoms with Crippen molar-refractivity contribution in [2.45, 2.75) is 19.4 Å². The molecule has 190 valence electrons. The molecule has 0 saturated heterocycles. The maximum atomic E-state index is 14.0. The van der Waals surface area contributed by atoms with Gasteiger partial charge < -0.3 is 10.1 Å². The molecule has 38 heavy (non-hydrogen) atoms. The Morgan fingerprint density at radius 3 is 2.21 bits per heavy atom. The summed E-state index contributed by atoms with van der Waals surface area (Å²) in [6.07, 6.45) is 3.18. The van der Waals surface area contributed by atoms with E-state index in [4.69, 9.17) is 9.72 Å². The average Bonchev–Trinajstić information content (AvgIpc) is 3.28. The van der Waals surface area contributed by atoms with E-state index < -0.39 is 0 Å². The van der Waals surface area contributed by atoms with Gasteiger partial charge in [-0.05, 0) is 18.1 Å². The van der Waals surface area contributed by atoms with Gasteiger partial charge in [0, 0.05) is 23.1 Å². The zero-order valence-electron chi connectivity index (χ0n) is 21.0. The van der Waals surface area contributed by atoms with E-state index in [1.165, 1.54) is 12.2 Å². The van der Waals surface area contributed by atoms with Crippen LogP contribution in [0.5, 0.6) is 5.75 Å². The summed E-state index contributed by atoms with van der Waals surface area (Å²) in [6, 6.07) is 26.6. The number of nitrogens with one attached hydrogen (secondary N) is 1. The number of aromatic nitrogens is 1. The highest BCUT2D eigenvalue weighted by Crippen LogP contribution is 2.37. The number of nitrogens with zero attached hydrogens (tertiary/aromatic N) is 2. The highest BCUT2D eigenvalue weighted by atomic mass is 16.5. The van der Waals surface area contributed by atoms with Crippen molar-refractivity contribution in [3.05, 3.63) is 108 Å². The molecule has 0 fully saturated rings. The van der Waals surface area contributed by atoms with Crippen LogP contribution in [0.2, 0.25) is 0 Å². The lowest BCUT2D eigenvalue weighted by Gasteiger charge is -2.22. The molecule has 7 nitrogen and oxygen atoms in total. The Bertz CT molecular complexity index is 1500. The van der Waals surface area contributed by atoms with Gasteiger partial charge in [-0.1, -0.05) is 85.8 Å². The fourth-order valence-electron chi connectivity index (χ4n) is 4.58. The molecular formula is C31H27N3O4. The van der Waals surface area contributed by atoms with E-state index in [9.17, 15) is 14.4 Å². The fourth-order valence-corrected chi connectivity index (χ4v) is 4.58. The summed E-state index contributed by atoms with van der Waals surface area (Å²) in [7, 11) is 0. The molecule has 0 aliphatic carbocycles. The van der Waals surface area contributed by atoms with Crippen LogP contribution in [-0.4, -0.2) is 40.8 Å². The molecule has 1 aromatic heterocycles. The highest BCUT2D eigenvalue weighted by molar-refractivity contribution is 6.13. The SMILES string of the molecule is CC[C@H](NC(=O)c1c(OCCN2C(=O)C=CC2=O)c(-c2ccccc2)nc2ccccc12)c1ccccc1. The Balaban J connectivity index is 1.58. The summed E-state index contributed by atoms with van der Waals surface area (Å²) in [5, 5.41) is 3.83. The predicted octanol–water partition coefficient (Wildman–Crippen LogP) is 5.09. The number of para-hydroxylation sites is 1. The van der Waals surface area contributed by atoms with Gasteiger partial charge in [-0.15, -0.1) is 0 Å². The number of carbonyl (C=O) groups excluding carboxylic acids is 3.